The highest BCUT2D eigenvalue weighted by atomic mass is 32.2. The zero-order valence-electron chi connectivity index (χ0n) is 15.1. The van der Waals surface area contributed by atoms with Crippen molar-refractivity contribution >= 4 is 29.3 Å². The lowest BCUT2D eigenvalue weighted by Crippen LogP contribution is -2.36. The van der Waals surface area contributed by atoms with Gasteiger partial charge in [-0.15, -0.1) is 0 Å². The number of carboxylic acid groups (broad SMARTS) is 1. The van der Waals surface area contributed by atoms with E-state index in [1.54, 1.807) is 25.1 Å². The Labute approximate surface area is 164 Å². The van der Waals surface area contributed by atoms with E-state index in [0.717, 1.165) is 17.3 Å². The van der Waals surface area contributed by atoms with Crippen molar-refractivity contribution in [1.29, 1.82) is 0 Å². The van der Waals surface area contributed by atoms with E-state index in [-0.39, 0.29) is 16.5 Å². The van der Waals surface area contributed by atoms with Gasteiger partial charge < -0.3 is 20.1 Å². The van der Waals surface area contributed by atoms with Crippen LogP contribution >= 0.6 is 11.8 Å². The Morgan fingerprint density at radius 3 is 2.64 bits per heavy atom. The first-order valence-electron chi connectivity index (χ1n) is 8.32. The fourth-order valence-corrected chi connectivity index (χ4v) is 3.26. The molecule has 0 saturated heterocycles. The van der Waals surface area contributed by atoms with E-state index in [1.807, 2.05) is 19.1 Å². The van der Waals surface area contributed by atoms with Crippen molar-refractivity contribution < 1.29 is 29.0 Å². The summed E-state index contributed by atoms with van der Waals surface area (Å²) in [4.78, 5) is 23.5. The fourth-order valence-electron chi connectivity index (χ4n) is 2.38. The fraction of sp³-hybridized carbons (Fsp3) is 0.158. The number of hydrogen-bond acceptors (Lipinski definition) is 6. The van der Waals surface area contributed by atoms with Crippen molar-refractivity contribution in [3.05, 3.63) is 59.7 Å². The van der Waals surface area contributed by atoms with Crippen molar-refractivity contribution in [2.24, 2.45) is 0 Å². The number of nitrogens with zero attached hydrogens (tertiary/aromatic N) is 2. The number of amides is 1. The maximum atomic E-state index is 12.5. The Morgan fingerprint density at radius 1 is 1.25 bits per heavy atom. The number of carbonyl (C=O) groups excluding carboxylic acids is 1. The zero-order chi connectivity index (χ0) is 20.3. The van der Waals surface area contributed by atoms with Crippen molar-refractivity contribution in [2.45, 2.75) is 24.1 Å². The number of carbonyl (C=O) groups is 2. The monoisotopic (exact) mass is 399 g/mol. The van der Waals surface area contributed by atoms with Gasteiger partial charge in [0.15, 0.2) is 5.95 Å². The van der Waals surface area contributed by atoms with Gasteiger partial charge in [0.2, 0.25) is 11.6 Å². The molecule has 9 heteroatoms. The van der Waals surface area contributed by atoms with Crippen LogP contribution in [-0.2, 0) is 4.79 Å². The van der Waals surface area contributed by atoms with Crippen molar-refractivity contribution in [3.8, 4) is 11.6 Å². The summed E-state index contributed by atoms with van der Waals surface area (Å²) >= 11 is 1.01. The SMILES string of the molecule is Cc1ccc(-[n+]2noc([O-])c2SC(C)C(=O)Nc2cccc(C(=O)O)c2)cc1. The van der Waals surface area contributed by atoms with Crippen LogP contribution in [0.4, 0.5) is 5.69 Å². The Hall–Kier alpha value is -3.33. The van der Waals surface area contributed by atoms with E-state index in [1.165, 1.54) is 22.9 Å². The quantitative estimate of drug-likeness (QED) is 0.481. The van der Waals surface area contributed by atoms with Gasteiger partial charge in [0.1, 0.15) is 0 Å². The number of aromatic carboxylic acids is 1. The molecule has 0 fully saturated rings. The van der Waals surface area contributed by atoms with E-state index in [2.05, 4.69) is 10.6 Å². The molecule has 3 aromatic rings. The molecule has 0 bridgehead atoms. The van der Waals surface area contributed by atoms with E-state index in [0.29, 0.717) is 11.4 Å². The van der Waals surface area contributed by atoms with Gasteiger partial charge in [0.25, 0.3) is 5.03 Å². The summed E-state index contributed by atoms with van der Waals surface area (Å²) in [6.45, 7) is 3.57. The first-order chi connectivity index (χ1) is 13.3. The number of aryl methyl sites for hydroxylation is 1. The molecule has 2 N–H and O–H groups in total. The van der Waals surface area contributed by atoms with Gasteiger partial charge in [-0.2, -0.15) is 0 Å². The summed E-state index contributed by atoms with van der Waals surface area (Å²) in [5.41, 5.74) is 2.12. The third-order valence-corrected chi connectivity index (χ3v) is 5.02. The first kappa shape index (κ1) is 19.4. The minimum absolute atomic E-state index is 0.0659. The molecular weight excluding hydrogens is 382 g/mol. The second-order valence-corrected chi connectivity index (χ2v) is 7.38. The third-order valence-electron chi connectivity index (χ3n) is 3.89. The molecule has 1 aromatic heterocycles. The summed E-state index contributed by atoms with van der Waals surface area (Å²) in [5.74, 6) is -2.11. The third kappa shape index (κ3) is 4.32. The van der Waals surface area contributed by atoms with E-state index >= 15 is 0 Å². The molecule has 3 rings (SSSR count). The minimum atomic E-state index is -1.09. The molecule has 2 aromatic carbocycles. The molecule has 1 unspecified atom stereocenters. The minimum Gasteiger partial charge on any atom is -0.538 e. The summed E-state index contributed by atoms with van der Waals surface area (Å²) < 4.78 is 6.11. The lowest BCUT2D eigenvalue weighted by molar-refractivity contribution is -0.705. The van der Waals surface area contributed by atoms with Gasteiger partial charge in [0.05, 0.1) is 16.1 Å². The highest BCUT2D eigenvalue weighted by molar-refractivity contribution is 8.00. The van der Waals surface area contributed by atoms with Gasteiger partial charge in [-0.25, -0.2) is 4.79 Å². The molecule has 1 atom stereocenters. The van der Waals surface area contributed by atoms with Crippen molar-refractivity contribution in [2.75, 3.05) is 5.32 Å². The molecule has 0 aliphatic rings. The van der Waals surface area contributed by atoms with E-state index in [9.17, 15) is 14.7 Å². The number of rotatable bonds is 6. The molecule has 0 aliphatic heterocycles. The van der Waals surface area contributed by atoms with Crippen LogP contribution in [0.2, 0.25) is 0 Å². The van der Waals surface area contributed by atoms with Gasteiger partial charge in [-0.1, -0.05) is 23.8 Å². The van der Waals surface area contributed by atoms with Crippen LogP contribution in [0.5, 0.6) is 5.95 Å². The van der Waals surface area contributed by atoms with Crippen LogP contribution in [-0.4, -0.2) is 27.5 Å². The smallest absolute Gasteiger partial charge is 0.335 e. The van der Waals surface area contributed by atoms with Crippen LogP contribution in [0.25, 0.3) is 5.69 Å². The topological polar surface area (TPSA) is 119 Å². The zero-order valence-corrected chi connectivity index (χ0v) is 15.9. The predicted octanol–water partition coefficient (Wildman–Crippen LogP) is 2.15. The van der Waals surface area contributed by atoms with Gasteiger partial charge in [0, 0.05) is 17.8 Å². The number of benzene rings is 2. The largest absolute Gasteiger partial charge is 0.538 e. The van der Waals surface area contributed by atoms with E-state index < -0.39 is 17.2 Å². The standard InChI is InChI=1S/C19H17N3O5S/c1-11-6-8-15(9-7-11)22-17(19(26)27-21-22)28-12(2)16(23)20-14-5-3-4-13(10-14)18(24)25/h3-10,12H,1-2H3,(H2-,20,21,23,24,25,26). The molecule has 1 heterocycles. The number of nitrogens with one attached hydrogen (secondary N) is 1. The van der Waals surface area contributed by atoms with Crippen LogP contribution in [0.1, 0.15) is 22.8 Å². The number of carboxylic acids is 1. The maximum Gasteiger partial charge on any atom is 0.335 e. The average molecular weight is 399 g/mol. The number of thioether (sulfide) groups is 1. The van der Waals surface area contributed by atoms with Crippen LogP contribution in [0.3, 0.4) is 0 Å². The molecule has 0 aliphatic carbocycles. The second kappa shape index (κ2) is 8.13. The highest BCUT2D eigenvalue weighted by Crippen LogP contribution is 2.28. The average Bonchev–Trinajstić information content (AvgIpc) is 3.03. The molecule has 1 amide bonds. The number of anilines is 1. The molecule has 144 valence electrons. The van der Waals surface area contributed by atoms with Crippen molar-refractivity contribution in [3.63, 3.8) is 0 Å². The lowest BCUT2D eigenvalue weighted by atomic mass is 10.2. The van der Waals surface area contributed by atoms with Crippen molar-refractivity contribution in [1.82, 2.24) is 5.27 Å². The molecule has 0 saturated carbocycles. The Balaban J connectivity index is 1.76. The van der Waals surface area contributed by atoms with Gasteiger partial charge >= 0.3 is 5.97 Å². The Kier molecular flexibility index (Phi) is 5.65. The maximum absolute atomic E-state index is 12.5. The first-order valence-corrected chi connectivity index (χ1v) is 9.20. The summed E-state index contributed by atoms with van der Waals surface area (Å²) in [7, 11) is 0. The molecule has 0 spiro atoms. The van der Waals surface area contributed by atoms with Gasteiger partial charge in [-0.05, 0) is 48.5 Å². The molecule has 28 heavy (non-hydrogen) atoms. The molecule has 8 nitrogen and oxygen atoms in total. The Morgan fingerprint density at radius 2 is 1.96 bits per heavy atom. The second-order valence-electron chi connectivity index (χ2n) is 6.05. The van der Waals surface area contributed by atoms with Crippen LogP contribution in [0, 0.1) is 6.92 Å². The van der Waals surface area contributed by atoms with E-state index in [4.69, 9.17) is 9.63 Å². The predicted molar refractivity (Wildman–Crippen MR) is 99.6 cm³/mol. The number of hydrogen-bond donors (Lipinski definition) is 2. The number of aromatic nitrogens is 2. The summed E-state index contributed by atoms with van der Waals surface area (Å²) in [6, 6.07) is 13.3. The molecular formula is C19H17N3O5S. The molecule has 0 radical (unpaired) electrons. The Bertz CT molecular complexity index is 1020. The normalized spacial score (nSPS) is 11.8. The van der Waals surface area contributed by atoms with Gasteiger partial charge in [-0.3, -0.25) is 4.79 Å². The lowest BCUT2D eigenvalue weighted by Gasteiger charge is -2.10. The highest BCUT2D eigenvalue weighted by Gasteiger charge is 2.26. The summed E-state index contributed by atoms with van der Waals surface area (Å²) in [6.07, 6.45) is 0. The van der Waals surface area contributed by atoms with Crippen LogP contribution in [0.15, 0.2) is 58.1 Å². The summed E-state index contributed by atoms with van der Waals surface area (Å²) in [5, 5.41) is 27.0. The van der Waals surface area contributed by atoms with Crippen LogP contribution < -0.4 is 15.1 Å².